The van der Waals surface area contributed by atoms with Gasteiger partial charge < -0.3 is 14.6 Å². The van der Waals surface area contributed by atoms with Crippen LogP contribution in [0.1, 0.15) is 47.6 Å². The van der Waals surface area contributed by atoms with Crippen molar-refractivity contribution >= 4 is 52.0 Å². The van der Waals surface area contributed by atoms with E-state index in [-0.39, 0.29) is 17.3 Å². The first-order valence-electron chi connectivity index (χ1n) is 11.8. The monoisotopic (exact) mass is 539 g/mol. The molecule has 37 heavy (non-hydrogen) atoms. The van der Waals surface area contributed by atoms with E-state index in [1.807, 2.05) is 25.3 Å². The highest BCUT2D eigenvalue weighted by atomic mass is 35.5. The number of nitrogens with zero attached hydrogens (tertiary/aromatic N) is 1. The number of Topliss-reactive ketones (excluding diaryl/α,β-unsaturated/α-hetero) is 1. The molecule has 0 saturated carbocycles. The lowest BCUT2D eigenvalue weighted by Gasteiger charge is -2.24. The van der Waals surface area contributed by atoms with Crippen LogP contribution in [0.25, 0.3) is 5.76 Å². The minimum atomic E-state index is -0.857. The molecule has 1 unspecified atom stereocenters. The number of ketones is 1. The molecular formula is C28H26ClNO6S. The van der Waals surface area contributed by atoms with Crippen LogP contribution < -0.4 is 9.64 Å². The Morgan fingerprint density at radius 2 is 1.81 bits per heavy atom. The Labute approximate surface area is 223 Å². The normalized spacial score (nSPS) is 16.9. The highest BCUT2D eigenvalue weighted by Gasteiger charge is 2.47. The van der Waals surface area contributed by atoms with E-state index in [0.717, 1.165) is 0 Å². The topological polar surface area (TPSA) is 93.1 Å². The Hall–Kier alpha value is -3.62. The molecule has 0 radical (unpaired) electrons. The number of anilines is 1. The van der Waals surface area contributed by atoms with Crippen molar-refractivity contribution in [3.63, 3.8) is 0 Å². The van der Waals surface area contributed by atoms with Crippen LogP contribution in [0, 0.1) is 5.92 Å². The molecule has 1 fully saturated rings. The summed E-state index contributed by atoms with van der Waals surface area (Å²) in [6.45, 7) is 6.35. The summed E-state index contributed by atoms with van der Waals surface area (Å²) >= 11 is 7.55. The Bertz CT molecular complexity index is 1350. The van der Waals surface area contributed by atoms with Crippen molar-refractivity contribution in [1.29, 1.82) is 0 Å². The molecule has 0 bridgehead atoms. The van der Waals surface area contributed by atoms with E-state index < -0.39 is 23.7 Å². The number of amides is 1. The van der Waals surface area contributed by atoms with Gasteiger partial charge in [0.15, 0.2) is 0 Å². The first-order valence-corrected chi connectivity index (χ1v) is 13.0. The molecule has 7 nitrogen and oxygen atoms in total. The average Bonchev–Trinajstić information content (AvgIpc) is 3.50. The molecular weight excluding hydrogens is 514 g/mol. The molecule has 0 spiro atoms. The van der Waals surface area contributed by atoms with Crippen LogP contribution in [0.5, 0.6) is 5.75 Å². The Morgan fingerprint density at radius 1 is 1.11 bits per heavy atom. The quantitative estimate of drug-likeness (QED) is 0.158. The van der Waals surface area contributed by atoms with Crippen molar-refractivity contribution in [1.82, 2.24) is 0 Å². The summed E-state index contributed by atoms with van der Waals surface area (Å²) in [7, 11) is 0. The summed E-state index contributed by atoms with van der Waals surface area (Å²) in [5.41, 5.74) is 0.998. The highest BCUT2D eigenvalue weighted by Crippen LogP contribution is 2.44. The maximum absolute atomic E-state index is 13.3. The van der Waals surface area contributed by atoms with Gasteiger partial charge in [-0.2, -0.15) is 0 Å². The number of carbonyl (C=O) groups is 3. The van der Waals surface area contributed by atoms with Gasteiger partial charge in [-0.15, -0.1) is 11.3 Å². The second-order valence-corrected chi connectivity index (χ2v) is 10.2. The van der Waals surface area contributed by atoms with Gasteiger partial charge in [0.1, 0.15) is 17.6 Å². The van der Waals surface area contributed by atoms with Gasteiger partial charge in [0, 0.05) is 16.1 Å². The summed E-state index contributed by atoms with van der Waals surface area (Å²) in [5, 5.41) is 13.5. The fourth-order valence-corrected chi connectivity index (χ4v) is 4.97. The minimum absolute atomic E-state index is 0.0439. The average molecular weight is 540 g/mol. The van der Waals surface area contributed by atoms with Gasteiger partial charge in [-0.3, -0.25) is 14.5 Å². The number of hydrogen-bond acceptors (Lipinski definition) is 7. The number of halogens is 1. The number of aliphatic hydroxyl groups excluding tert-OH is 1. The molecule has 2 aromatic carbocycles. The maximum Gasteiger partial charge on any atom is 0.338 e. The zero-order chi connectivity index (χ0) is 26.7. The van der Waals surface area contributed by atoms with Gasteiger partial charge in [0.25, 0.3) is 11.7 Å². The summed E-state index contributed by atoms with van der Waals surface area (Å²) < 4.78 is 10.8. The number of ether oxygens (including phenoxy) is 2. The molecule has 4 rings (SSSR count). The lowest BCUT2D eigenvalue weighted by atomic mass is 9.99. The molecule has 1 N–H and O–H groups in total. The van der Waals surface area contributed by atoms with Crippen LogP contribution in [0.2, 0.25) is 5.02 Å². The third kappa shape index (κ3) is 5.40. The fourth-order valence-electron chi connectivity index (χ4n) is 3.97. The molecule has 1 aliphatic rings. The smallest absolute Gasteiger partial charge is 0.338 e. The first kappa shape index (κ1) is 26.4. The summed E-state index contributed by atoms with van der Waals surface area (Å²) in [5.74, 6) is -1.84. The summed E-state index contributed by atoms with van der Waals surface area (Å²) in [4.78, 5) is 40.9. The van der Waals surface area contributed by atoms with Crippen LogP contribution in [0.3, 0.4) is 0 Å². The van der Waals surface area contributed by atoms with Crippen molar-refractivity contribution in [2.45, 2.75) is 26.8 Å². The molecule has 1 aromatic heterocycles. The number of thiophene rings is 1. The summed E-state index contributed by atoms with van der Waals surface area (Å²) in [6, 6.07) is 13.7. The standard InChI is InChI=1S/C28H26ClNO6S/c1-4-35-21-14-18(9-12-20(21)29)25(31)23-24(22-6-5-13-37-22)30(27(33)26(23)32)19-10-7-17(8-11-19)28(34)36-15-16(2)3/h5-14,16,24,31H,4,15H2,1-3H3/b25-23-. The zero-order valence-corrected chi connectivity index (χ0v) is 22.1. The van der Waals surface area contributed by atoms with Crippen molar-refractivity contribution < 1.29 is 29.0 Å². The highest BCUT2D eigenvalue weighted by molar-refractivity contribution is 7.10. The van der Waals surface area contributed by atoms with Gasteiger partial charge in [0.05, 0.1) is 29.4 Å². The Morgan fingerprint density at radius 3 is 2.43 bits per heavy atom. The lowest BCUT2D eigenvalue weighted by molar-refractivity contribution is -0.132. The Balaban J connectivity index is 1.76. The number of esters is 1. The van der Waals surface area contributed by atoms with Crippen LogP contribution in [-0.4, -0.2) is 36.0 Å². The third-order valence-corrected chi connectivity index (χ3v) is 6.93. The second kappa shape index (κ2) is 11.2. The van der Waals surface area contributed by atoms with Gasteiger partial charge in [0.2, 0.25) is 0 Å². The number of benzene rings is 2. The van der Waals surface area contributed by atoms with Crippen molar-refractivity contribution in [3.8, 4) is 5.75 Å². The SMILES string of the molecule is CCOc1cc(/C(O)=C2/C(=O)C(=O)N(c3ccc(C(=O)OCC(C)C)cc3)C2c2cccs2)ccc1Cl. The molecule has 1 amide bonds. The van der Waals surface area contributed by atoms with E-state index in [4.69, 9.17) is 21.1 Å². The van der Waals surface area contributed by atoms with Gasteiger partial charge in [-0.25, -0.2) is 4.79 Å². The minimum Gasteiger partial charge on any atom is -0.507 e. The molecule has 2 heterocycles. The largest absolute Gasteiger partial charge is 0.507 e. The number of rotatable bonds is 8. The second-order valence-electron chi connectivity index (χ2n) is 8.80. The van der Waals surface area contributed by atoms with Crippen LogP contribution in [-0.2, 0) is 14.3 Å². The fraction of sp³-hybridized carbons (Fsp3) is 0.250. The number of hydrogen-bond donors (Lipinski definition) is 1. The molecule has 3 aromatic rings. The predicted octanol–water partition coefficient (Wildman–Crippen LogP) is 6.24. The van der Waals surface area contributed by atoms with Crippen LogP contribution in [0.15, 0.2) is 65.6 Å². The molecule has 9 heteroatoms. The molecule has 1 aliphatic heterocycles. The van der Waals surface area contributed by atoms with E-state index >= 15 is 0 Å². The summed E-state index contributed by atoms with van der Waals surface area (Å²) in [6.07, 6.45) is 0. The van der Waals surface area contributed by atoms with Crippen molar-refractivity contribution in [3.05, 3.63) is 86.6 Å². The predicted molar refractivity (Wildman–Crippen MR) is 143 cm³/mol. The van der Waals surface area contributed by atoms with Gasteiger partial charge >= 0.3 is 5.97 Å². The van der Waals surface area contributed by atoms with E-state index in [1.54, 1.807) is 49.4 Å². The van der Waals surface area contributed by atoms with E-state index in [0.29, 0.717) is 45.7 Å². The number of carbonyl (C=O) groups excluding carboxylic acids is 3. The molecule has 1 saturated heterocycles. The van der Waals surface area contributed by atoms with E-state index in [1.165, 1.54) is 22.3 Å². The van der Waals surface area contributed by atoms with Crippen molar-refractivity contribution in [2.75, 3.05) is 18.1 Å². The maximum atomic E-state index is 13.3. The van der Waals surface area contributed by atoms with Gasteiger partial charge in [-0.05, 0) is 66.8 Å². The number of aliphatic hydroxyl groups is 1. The molecule has 1 atom stereocenters. The van der Waals surface area contributed by atoms with Crippen LogP contribution in [0.4, 0.5) is 5.69 Å². The zero-order valence-electron chi connectivity index (χ0n) is 20.6. The van der Waals surface area contributed by atoms with Crippen LogP contribution >= 0.6 is 22.9 Å². The lowest BCUT2D eigenvalue weighted by Crippen LogP contribution is -2.29. The van der Waals surface area contributed by atoms with Crippen molar-refractivity contribution in [2.24, 2.45) is 5.92 Å². The first-order chi connectivity index (χ1) is 17.7. The van der Waals surface area contributed by atoms with E-state index in [2.05, 4.69) is 0 Å². The molecule has 192 valence electrons. The third-order valence-electron chi connectivity index (χ3n) is 5.69. The Kier molecular flexibility index (Phi) is 8.00. The van der Waals surface area contributed by atoms with E-state index in [9.17, 15) is 19.5 Å². The molecule has 0 aliphatic carbocycles. The van der Waals surface area contributed by atoms with Gasteiger partial charge in [-0.1, -0.05) is 31.5 Å².